The van der Waals surface area contributed by atoms with Gasteiger partial charge in [0.1, 0.15) is 5.82 Å². The molecule has 3 aromatic rings. The predicted octanol–water partition coefficient (Wildman–Crippen LogP) is 3.59. The standard InChI is InChI=1S/C19H21N3O/c1-13-8-10-16(11-9-13)12-22-18-7-5-4-6-17(18)21-19(22)14(2)20-15(3)23/h4-11,14H,12H2,1-3H3,(H,20,23)/t14-/m1/s1. The van der Waals surface area contributed by atoms with E-state index in [1.807, 2.05) is 25.1 Å². The normalized spacial score (nSPS) is 12.3. The SMILES string of the molecule is CC(=O)N[C@H](C)c1nc2ccccc2n1Cc1ccc(C)cc1. The van der Waals surface area contributed by atoms with Crippen molar-refractivity contribution in [1.82, 2.24) is 14.9 Å². The van der Waals surface area contributed by atoms with Crippen molar-refractivity contribution in [2.75, 3.05) is 0 Å². The number of carbonyl (C=O) groups is 1. The van der Waals surface area contributed by atoms with Crippen molar-refractivity contribution in [3.8, 4) is 0 Å². The van der Waals surface area contributed by atoms with Crippen molar-refractivity contribution in [3.63, 3.8) is 0 Å². The van der Waals surface area contributed by atoms with Gasteiger partial charge in [-0.2, -0.15) is 0 Å². The Kier molecular flexibility index (Phi) is 4.15. The van der Waals surface area contributed by atoms with E-state index < -0.39 is 0 Å². The molecule has 118 valence electrons. The molecule has 0 aliphatic rings. The number of benzene rings is 2. The Labute approximate surface area is 136 Å². The van der Waals surface area contributed by atoms with E-state index in [1.165, 1.54) is 18.1 Å². The van der Waals surface area contributed by atoms with Gasteiger partial charge >= 0.3 is 0 Å². The van der Waals surface area contributed by atoms with Gasteiger partial charge in [0, 0.05) is 13.5 Å². The average molecular weight is 307 g/mol. The molecule has 23 heavy (non-hydrogen) atoms. The van der Waals surface area contributed by atoms with Crippen LogP contribution < -0.4 is 5.32 Å². The number of nitrogens with one attached hydrogen (secondary N) is 1. The first-order chi connectivity index (χ1) is 11.0. The van der Waals surface area contributed by atoms with Crippen molar-refractivity contribution < 1.29 is 4.79 Å². The van der Waals surface area contributed by atoms with Gasteiger partial charge in [-0.15, -0.1) is 0 Å². The molecule has 0 radical (unpaired) electrons. The molecular formula is C19H21N3O. The third-order valence-electron chi connectivity index (χ3n) is 3.95. The second-order valence-electron chi connectivity index (χ2n) is 5.95. The highest BCUT2D eigenvalue weighted by atomic mass is 16.1. The van der Waals surface area contributed by atoms with Gasteiger partial charge in [0.2, 0.25) is 5.91 Å². The lowest BCUT2D eigenvalue weighted by atomic mass is 10.1. The number of carbonyl (C=O) groups excluding carboxylic acids is 1. The summed E-state index contributed by atoms with van der Waals surface area (Å²) in [7, 11) is 0. The first-order valence-corrected chi connectivity index (χ1v) is 7.82. The monoisotopic (exact) mass is 307 g/mol. The number of hydrogen-bond donors (Lipinski definition) is 1. The Bertz CT molecular complexity index is 833. The van der Waals surface area contributed by atoms with E-state index in [4.69, 9.17) is 4.98 Å². The molecule has 1 heterocycles. The molecule has 0 saturated heterocycles. The van der Waals surface area contributed by atoms with Crippen molar-refractivity contribution in [1.29, 1.82) is 0 Å². The van der Waals surface area contributed by atoms with Crippen LogP contribution in [0.3, 0.4) is 0 Å². The van der Waals surface area contributed by atoms with Gasteiger partial charge in [-0.3, -0.25) is 4.79 Å². The third-order valence-corrected chi connectivity index (χ3v) is 3.95. The van der Waals surface area contributed by atoms with Crippen LogP contribution in [0.1, 0.15) is 36.8 Å². The zero-order chi connectivity index (χ0) is 16.4. The minimum Gasteiger partial charge on any atom is -0.347 e. The van der Waals surface area contributed by atoms with Crippen LogP contribution in [0, 0.1) is 6.92 Å². The number of para-hydroxylation sites is 2. The quantitative estimate of drug-likeness (QED) is 0.800. The summed E-state index contributed by atoms with van der Waals surface area (Å²) in [5.74, 6) is 0.827. The molecule has 0 aliphatic heterocycles. The van der Waals surface area contributed by atoms with Gasteiger partial charge in [-0.05, 0) is 31.5 Å². The molecule has 1 N–H and O–H groups in total. The summed E-state index contributed by atoms with van der Waals surface area (Å²) < 4.78 is 2.18. The molecule has 4 heteroatoms. The molecule has 0 unspecified atom stereocenters. The first-order valence-electron chi connectivity index (χ1n) is 7.82. The molecule has 0 spiro atoms. The van der Waals surface area contributed by atoms with E-state index in [2.05, 4.69) is 47.1 Å². The zero-order valence-electron chi connectivity index (χ0n) is 13.7. The Morgan fingerprint density at radius 3 is 2.57 bits per heavy atom. The van der Waals surface area contributed by atoms with E-state index >= 15 is 0 Å². The van der Waals surface area contributed by atoms with Crippen LogP contribution in [0.5, 0.6) is 0 Å². The molecule has 0 fully saturated rings. The first kappa shape index (κ1) is 15.3. The lowest BCUT2D eigenvalue weighted by Crippen LogP contribution is -2.26. The van der Waals surface area contributed by atoms with Crippen molar-refractivity contribution in [2.24, 2.45) is 0 Å². The van der Waals surface area contributed by atoms with Crippen molar-refractivity contribution >= 4 is 16.9 Å². The molecular weight excluding hydrogens is 286 g/mol. The Hall–Kier alpha value is -2.62. The molecule has 0 aliphatic carbocycles. The third kappa shape index (κ3) is 3.26. The van der Waals surface area contributed by atoms with Crippen LogP contribution in [0.4, 0.5) is 0 Å². The number of aryl methyl sites for hydroxylation is 1. The van der Waals surface area contributed by atoms with E-state index in [0.717, 1.165) is 23.4 Å². The van der Waals surface area contributed by atoms with Crippen LogP contribution in [0.2, 0.25) is 0 Å². The van der Waals surface area contributed by atoms with E-state index in [0.29, 0.717) is 0 Å². The Balaban J connectivity index is 2.05. The van der Waals surface area contributed by atoms with E-state index in [1.54, 1.807) is 0 Å². The largest absolute Gasteiger partial charge is 0.347 e. The molecule has 0 saturated carbocycles. The number of nitrogens with zero attached hydrogens (tertiary/aromatic N) is 2. The summed E-state index contributed by atoms with van der Waals surface area (Å²) in [6, 6.07) is 16.4. The maximum absolute atomic E-state index is 11.4. The summed E-state index contributed by atoms with van der Waals surface area (Å²) in [5.41, 5.74) is 4.50. The fourth-order valence-electron chi connectivity index (χ4n) is 2.84. The van der Waals surface area contributed by atoms with Gasteiger partial charge in [-0.25, -0.2) is 4.98 Å². The molecule has 2 aromatic carbocycles. The summed E-state index contributed by atoms with van der Waals surface area (Å²) in [6.45, 7) is 6.32. The maximum atomic E-state index is 11.4. The number of fused-ring (bicyclic) bond motifs is 1. The summed E-state index contributed by atoms with van der Waals surface area (Å²) in [6.07, 6.45) is 0. The smallest absolute Gasteiger partial charge is 0.217 e. The molecule has 1 atom stereocenters. The topological polar surface area (TPSA) is 46.9 Å². The minimum absolute atomic E-state index is 0.0496. The minimum atomic E-state index is -0.134. The van der Waals surface area contributed by atoms with Gasteiger partial charge in [0.15, 0.2) is 0 Å². The highest BCUT2D eigenvalue weighted by molar-refractivity contribution is 5.77. The molecule has 4 nitrogen and oxygen atoms in total. The number of aromatic nitrogens is 2. The van der Waals surface area contributed by atoms with Crippen LogP contribution >= 0.6 is 0 Å². The number of rotatable bonds is 4. The zero-order valence-corrected chi connectivity index (χ0v) is 13.7. The second kappa shape index (κ2) is 6.24. The molecule has 0 bridgehead atoms. The number of hydrogen-bond acceptors (Lipinski definition) is 2. The average Bonchev–Trinajstić information content (AvgIpc) is 2.88. The van der Waals surface area contributed by atoms with Crippen LogP contribution in [0.15, 0.2) is 48.5 Å². The lowest BCUT2D eigenvalue weighted by molar-refractivity contribution is -0.119. The van der Waals surface area contributed by atoms with Crippen molar-refractivity contribution in [2.45, 2.75) is 33.4 Å². The summed E-state index contributed by atoms with van der Waals surface area (Å²) in [5, 5.41) is 2.93. The Morgan fingerprint density at radius 2 is 1.87 bits per heavy atom. The fourth-order valence-corrected chi connectivity index (χ4v) is 2.84. The molecule has 1 amide bonds. The predicted molar refractivity (Wildman–Crippen MR) is 92.2 cm³/mol. The lowest BCUT2D eigenvalue weighted by Gasteiger charge is -2.15. The number of amides is 1. The molecule has 1 aromatic heterocycles. The molecule has 3 rings (SSSR count). The highest BCUT2D eigenvalue weighted by Gasteiger charge is 2.17. The van der Waals surface area contributed by atoms with Gasteiger partial charge in [0.25, 0.3) is 0 Å². The highest BCUT2D eigenvalue weighted by Crippen LogP contribution is 2.22. The number of imidazole rings is 1. The van der Waals surface area contributed by atoms with E-state index in [-0.39, 0.29) is 11.9 Å². The van der Waals surface area contributed by atoms with Gasteiger partial charge < -0.3 is 9.88 Å². The van der Waals surface area contributed by atoms with Gasteiger partial charge in [-0.1, -0.05) is 42.0 Å². The Morgan fingerprint density at radius 1 is 1.17 bits per heavy atom. The maximum Gasteiger partial charge on any atom is 0.217 e. The second-order valence-corrected chi connectivity index (χ2v) is 5.95. The summed E-state index contributed by atoms with van der Waals surface area (Å²) in [4.78, 5) is 16.1. The van der Waals surface area contributed by atoms with Crippen LogP contribution in [-0.2, 0) is 11.3 Å². The fraction of sp³-hybridized carbons (Fsp3) is 0.263. The van der Waals surface area contributed by atoms with E-state index in [9.17, 15) is 4.79 Å². The van der Waals surface area contributed by atoms with Crippen LogP contribution in [-0.4, -0.2) is 15.5 Å². The van der Waals surface area contributed by atoms with Crippen LogP contribution in [0.25, 0.3) is 11.0 Å². The van der Waals surface area contributed by atoms with Crippen molar-refractivity contribution in [3.05, 3.63) is 65.5 Å². The summed E-state index contributed by atoms with van der Waals surface area (Å²) >= 11 is 0. The van der Waals surface area contributed by atoms with Gasteiger partial charge in [0.05, 0.1) is 17.1 Å².